The van der Waals surface area contributed by atoms with Gasteiger partial charge < -0.3 is 15.0 Å². The molecule has 0 aromatic heterocycles. The summed E-state index contributed by atoms with van der Waals surface area (Å²) in [6.07, 6.45) is 6.96. The first-order valence-electron chi connectivity index (χ1n) is 19.1. The van der Waals surface area contributed by atoms with Crippen molar-refractivity contribution in [3.8, 4) is 0 Å². The van der Waals surface area contributed by atoms with Crippen LogP contribution in [-0.2, 0) is 4.74 Å². The molecule has 1 N–H and O–H groups in total. The molecular weight excluding hydrogens is 711 g/mol. The summed E-state index contributed by atoms with van der Waals surface area (Å²) in [5, 5.41) is 5.05. The van der Waals surface area contributed by atoms with Gasteiger partial charge in [0.15, 0.2) is 0 Å². The van der Waals surface area contributed by atoms with Crippen LogP contribution in [0.2, 0.25) is 10.0 Å². The molecule has 288 valence electrons. The number of carbonyl (C=O) groups is 1. The summed E-state index contributed by atoms with van der Waals surface area (Å²) in [5.41, 5.74) is 9.17. The molecule has 2 aromatic rings. The van der Waals surface area contributed by atoms with E-state index < -0.39 is 5.60 Å². The van der Waals surface area contributed by atoms with Crippen molar-refractivity contribution in [2.45, 2.75) is 92.6 Å². The molecule has 6 rings (SSSR count). The number of piperazine rings is 2. The highest BCUT2D eigenvalue weighted by atomic mass is 35.5. The molecule has 4 aliphatic rings. The number of hydrogen-bond acceptors (Lipinski definition) is 5. The largest absolute Gasteiger partial charge is 0.444 e. The van der Waals surface area contributed by atoms with Gasteiger partial charge in [0.25, 0.3) is 0 Å². The molecule has 0 unspecified atom stereocenters. The molecule has 2 aliphatic heterocycles. The maximum absolute atomic E-state index is 12.3. The molecule has 6 nitrogen and oxygen atoms in total. The summed E-state index contributed by atoms with van der Waals surface area (Å²) >= 11 is 12.2. The van der Waals surface area contributed by atoms with Crippen LogP contribution in [0.15, 0.2) is 59.7 Å². The van der Waals surface area contributed by atoms with E-state index in [0.717, 1.165) is 75.2 Å². The number of allylic oxidation sites excluding steroid dienone is 2. The smallest absolute Gasteiger partial charge is 0.410 e. The van der Waals surface area contributed by atoms with Crippen LogP contribution in [-0.4, -0.2) is 91.8 Å². The van der Waals surface area contributed by atoms with Crippen molar-refractivity contribution in [2.24, 2.45) is 10.8 Å². The van der Waals surface area contributed by atoms with Crippen LogP contribution < -0.4 is 5.32 Å². The molecule has 0 radical (unpaired) electrons. The number of benzene rings is 2. The number of halogens is 3. The second-order valence-electron chi connectivity index (χ2n) is 17.6. The van der Waals surface area contributed by atoms with Crippen LogP contribution in [0.5, 0.6) is 0 Å². The van der Waals surface area contributed by atoms with E-state index in [9.17, 15) is 4.79 Å². The highest BCUT2D eigenvalue weighted by Crippen LogP contribution is 2.44. The molecule has 52 heavy (non-hydrogen) atoms. The van der Waals surface area contributed by atoms with Crippen LogP contribution in [0.25, 0.3) is 11.1 Å². The third-order valence-corrected chi connectivity index (χ3v) is 11.3. The molecule has 9 heteroatoms. The van der Waals surface area contributed by atoms with Gasteiger partial charge in [-0.15, -0.1) is 12.4 Å². The van der Waals surface area contributed by atoms with Gasteiger partial charge in [-0.25, -0.2) is 4.79 Å². The fourth-order valence-electron chi connectivity index (χ4n) is 7.75. The predicted molar refractivity (Wildman–Crippen MR) is 223 cm³/mol. The lowest BCUT2D eigenvalue weighted by atomic mass is 9.72. The van der Waals surface area contributed by atoms with E-state index in [0.29, 0.717) is 10.8 Å². The van der Waals surface area contributed by atoms with Crippen molar-refractivity contribution in [2.75, 3.05) is 65.4 Å². The van der Waals surface area contributed by atoms with Crippen molar-refractivity contribution >= 4 is 52.8 Å². The van der Waals surface area contributed by atoms with Gasteiger partial charge in [-0.1, -0.05) is 86.3 Å². The number of hydrogen-bond donors (Lipinski definition) is 1. The number of ether oxygens (including phenoxy) is 1. The van der Waals surface area contributed by atoms with E-state index in [1.165, 1.54) is 61.0 Å². The molecular formula is C43H63Cl3N4O2. The van der Waals surface area contributed by atoms with Crippen molar-refractivity contribution in [3.63, 3.8) is 0 Å². The van der Waals surface area contributed by atoms with Gasteiger partial charge in [-0.05, 0) is 117 Å². The van der Waals surface area contributed by atoms with E-state index in [-0.39, 0.29) is 18.5 Å². The Hall–Kier alpha value is -2.06. The first-order valence-corrected chi connectivity index (χ1v) is 19.9. The summed E-state index contributed by atoms with van der Waals surface area (Å²) in [6, 6.07) is 16.7. The van der Waals surface area contributed by atoms with E-state index in [4.69, 9.17) is 27.9 Å². The maximum Gasteiger partial charge on any atom is 0.410 e. The van der Waals surface area contributed by atoms with Crippen molar-refractivity contribution in [3.05, 3.63) is 80.8 Å². The van der Waals surface area contributed by atoms with Crippen LogP contribution >= 0.6 is 35.6 Å². The Morgan fingerprint density at radius 3 is 1.50 bits per heavy atom. The minimum Gasteiger partial charge on any atom is -0.444 e. The summed E-state index contributed by atoms with van der Waals surface area (Å²) < 4.78 is 5.52. The maximum atomic E-state index is 12.3. The monoisotopic (exact) mass is 772 g/mol. The van der Waals surface area contributed by atoms with Crippen LogP contribution in [0.1, 0.15) is 98.1 Å². The molecule has 2 saturated heterocycles. The Labute approximate surface area is 330 Å². The van der Waals surface area contributed by atoms with E-state index >= 15 is 0 Å². The molecule has 2 aliphatic carbocycles. The van der Waals surface area contributed by atoms with Crippen LogP contribution in [0.4, 0.5) is 4.79 Å². The van der Waals surface area contributed by atoms with Gasteiger partial charge in [0.1, 0.15) is 5.60 Å². The lowest BCUT2D eigenvalue weighted by molar-refractivity contribution is 0.0151. The van der Waals surface area contributed by atoms with Crippen molar-refractivity contribution < 1.29 is 9.53 Å². The number of carbonyl (C=O) groups excluding carboxylic acids is 1. The summed E-state index contributed by atoms with van der Waals surface area (Å²) in [5.74, 6) is 0. The standard InChI is InChI=1S/C24H35ClN2O2.C19H27ClN2.ClH/c1-23(2,3)29-22(28)27-14-12-26(13-15-27)17-19-10-11-24(4,5)16-21(19)18-6-8-20(25)9-7-18;1-19(2)8-7-16(14-22-11-9-21-10-12-22)18(13-19)15-3-5-17(20)6-4-15;/h6-9H,10-17H2,1-5H3;3-6,21H,7-14H2,1-2H3;1H. The zero-order valence-electron chi connectivity index (χ0n) is 32.8. The van der Waals surface area contributed by atoms with Gasteiger partial charge in [0.2, 0.25) is 0 Å². The zero-order valence-corrected chi connectivity index (χ0v) is 35.1. The molecule has 0 saturated carbocycles. The molecule has 0 bridgehead atoms. The van der Waals surface area contributed by atoms with Crippen molar-refractivity contribution in [1.29, 1.82) is 0 Å². The highest BCUT2D eigenvalue weighted by molar-refractivity contribution is 6.30. The first-order chi connectivity index (χ1) is 24.1. The average molecular weight is 774 g/mol. The summed E-state index contributed by atoms with van der Waals surface area (Å²) in [7, 11) is 0. The quantitative estimate of drug-likeness (QED) is 0.317. The Morgan fingerprint density at radius 1 is 0.692 bits per heavy atom. The van der Waals surface area contributed by atoms with Crippen molar-refractivity contribution in [1.82, 2.24) is 20.0 Å². The number of amides is 1. The number of nitrogens with one attached hydrogen (secondary N) is 1. The Morgan fingerprint density at radius 2 is 1.10 bits per heavy atom. The average Bonchev–Trinajstić information content (AvgIpc) is 3.07. The first kappa shape index (κ1) is 42.7. The zero-order chi connectivity index (χ0) is 36.8. The fraction of sp³-hybridized carbons (Fsp3) is 0.605. The molecule has 2 aromatic carbocycles. The van der Waals surface area contributed by atoms with Crippen LogP contribution in [0.3, 0.4) is 0 Å². The van der Waals surface area contributed by atoms with E-state index in [2.05, 4.69) is 67.1 Å². The Balaban J connectivity index is 0.000000236. The fourth-order valence-corrected chi connectivity index (χ4v) is 8.00. The summed E-state index contributed by atoms with van der Waals surface area (Å²) in [4.78, 5) is 19.2. The van der Waals surface area contributed by atoms with Gasteiger partial charge >= 0.3 is 6.09 Å². The molecule has 2 fully saturated rings. The Bertz CT molecular complexity index is 1530. The minimum atomic E-state index is -0.443. The minimum absolute atomic E-state index is 0. The second kappa shape index (κ2) is 18.5. The highest BCUT2D eigenvalue weighted by Gasteiger charge is 2.31. The van der Waals surface area contributed by atoms with Gasteiger partial charge in [0, 0.05) is 75.5 Å². The number of rotatable bonds is 6. The summed E-state index contributed by atoms with van der Waals surface area (Å²) in [6.45, 7) is 25.2. The lowest BCUT2D eigenvalue weighted by Gasteiger charge is -2.39. The third-order valence-electron chi connectivity index (χ3n) is 10.8. The molecule has 1 amide bonds. The molecule has 2 heterocycles. The Kier molecular flexibility index (Phi) is 15.2. The second-order valence-corrected chi connectivity index (χ2v) is 18.5. The predicted octanol–water partition coefficient (Wildman–Crippen LogP) is 10.5. The number of nitrogens with zero attached hydrogens (tertiary/aromatic N) is 3. The van der Waals surface area contributed by atoms with Gasteiger partial charge in [-0.2, -0.15) is 0 Å². The van der Waals surface area contributed by atoms with E-state index in [1.807, 2.05) is 49.9 Å². The SMILES string of the molecule is CC1(C)CCC(CN2CCN(C(=O)OC(C)(C)C)CC2)=C(c2ccc(Cl)cc2)C1.CC1(C)CCC(CN2CCNCC2)=C(c2ccc(Cl)cc2)C1.Cl. The molecule has 0 spiro atoms. The lowest BCUT2D eigenvalue weighted by Crippen LogP contribution is -2.50. The van der Waals surface area contributed by atoms with Crippen LogP contribution in [0, 0.1) is 10.8 Å². The third kappa shape index (κ3) is 12.8. The normalized spacial score (nSPS) is 21.2. The molecule has 0 atom stereocenters. The van der Waals surface area contributed by atoms with Gasteiger partial charge in [-0.3, -0.25) is 9.80 Å². The van der Waals surface area contributed by atoms with E-state index in [1.54, 1.807) is 11.1 Å². The topological polar surface area (TPSA) is 48.1 Å². The van der Waals surface area contributed by atoms with Gasteiger partial charge in [0.05, 0.1) is 0 Å².